The first-order chi connectivity index (χ1) is 11.2. The van der Waals surface area contributed by atoms with Crippen LogP contribution in [0.4, 0.5) is 5.82 Å². The average molecular weight is 307 g/mol. The minimum absolute atomic E-state index is 0.404. The summed E-state index contributed by atoms with van der Waals surface area (Å²) in [7, 11) is 0. The number of aromatic amines is 1. The maximum Gasteiger partial charge on any atom is 0.126 e. The van der Waals surface area contributed by atoms with E-state index in [1.807, 2.05) is 42.9 Å². The van der Waals surface area contributed by atoms with Gasteiger partial charge in [0.1, 0.15) is 5.82 Å². The molecule has 0 aromatic carbocycles. The van der Waals surface area contributed by atoms with Crippen LogP contribution in [0.1, 0.15) is 31.2 Å². The molecule has 0 aliphatic carbocycles. The molecular weight excluding hydrogens is 286 g/mol. The Kier molecular flexibility index (Phi) is 4.66. The van der Waals surface area contributed by atoms with Crippen LogP contribution in [0.15, 0.2) is 48.9 Å². The number of hydrogen-bond donors (Lipinski definition) is 2. The molecule has 2 N–H and O–H groups in total. The molecule has 0 bridgehead atoms. The van der Waals surface area contributed by atoms with Crippen LogP contribution in [0.5, 0.6) is 0 Å². The SMILES string of the molecule is CC(C)c1[nH]ncc1-c1ccnc(NCCc2ccccn2)c1. The average Bonchev–Trinajstić information content (AvgIpc) is 3.06. The number of nitrogens with one attached hydrogen (secondary N) is 2. The highest BCUT2D eigenvalue weighted by Crippen LogP contribution is 2.28. The molecule has 0 spiro atoms. The Bertz CT molecular complexity index is 749. The normalized spacial score (nSPS) is 10.9. The lowest BCUT2D eigenvalue weighted by Crippen LogP contribution is -2.07. The van der Waals surface area contributed by atoms with Gasteiger partial charge in [-0.3, -0.25) is 10.1 Å². The van der Waals surface area contributed by atoms with E-state index >= 15 is 0 Å². The Hall–Kier alpha value is -2.69. The molecule has 3 aromatic heterocycles. The van der Waals surface area contributed by atoms with E-state index < -0.39 is 0 Å². The fraction of sp³-hybridized carbons (Fsp3) is 0.278. The van der Waals surface area contributed by atoms with E-state index in [2.05, 4.69) is 45.4 Å². The van der Waals surface area contributed by atoms with Gasteiger partial charge in [-0.05, 0) is 35.7 Å². The maximum atomic E-state index is 4.39. The van der Waals surface area contributed by atoms with Gasteiger partial charge in [0.25, 0.3) is 0 Å². The predicted octanol–water partition coefficient (Wildman–Crippen LogP) is 3.64. The zero-order valence-corrected chi connectivity index (χ0v) is 13.5. The molecule has 0 aliphatic rings. The Labute approximate surface area is 136 Å². The molecule has 0 fully saturated rings. The van der Waals surface area contributed by atoms with Gasteiger partial charge < -0.3 is 5.32 Å². The summed E-state index contributed by atoms with van der Waals surface area (Å²) in [4.78, 5) is 8.72. The van der Waals surface area contributed by atoms with Crippen molar-refractivity contribution >= 4 is 5.82 Å². The molecule has 3 rings (SSSR count). The van der Waals surface area contributed by atoms with Crippen molar-refractivity contribution in [2.24, 2.45) is 0 Å². The molecule has 118 valence electrons. The van der Waals surface area contributed by atoms with E-state index in [0.717, 1.165) is 41.3 Å². The highest BCUT2D eigenvalue weighted by molar-refractivity contribution is 5.68. The Morgan fingerprint density at radius 3 is 2.83 bits per heavy atom. The van der Waals surface area contributed by atoms with Gasteiger partial charge in [0.2, 0.25) is 0 Å². The molecule has 0 aliphatic heterocycles. The summed E-state index contributed by atoms with van der Waals surface area (Å²) < 4.78 is 0. The van der Waals surface area contributed by atoms with E-state index in [1.165, 1.54) is 0 Å². The summed E-state index contributed by atoms with van der Waals surface area (Å²) in [6.07, 6.45) is 6.40. The first-order valence-electron chi connectivity index (χ1n) is 7.87. The lowest BCUT2D eigenvalue weighted by Gasteiger charge is -2.09. The monoisotopic (exact) mass is 307 g/mol. The van der Waals surface area contributed by atoms with Crippen LogP contribution in [0.3, 0.4) is 0 Å². The molecule has 0 radical (unpaired) electrons. The third kappa shape index (κ3) is 3.74. The van der Waals surface area contributed by atoms with Gasteiger partial charge >= 0.3 is 0 Å². The molecular formula is C18H21N5. The Balaban J connectivity index is 1.69. The van der Waals surface area contributed by atoms with Gasteiger partial charge in [0.15, 0.2) is 0 Å². The van der Waals surface area contributed by atoms with Crippen molar-refractivity contribution in [1.29, 1.82) is 0 Å². The molecule has 0 saturated heterocycles. The highest BCUT2D eigenvalue weighted by Gasteiger charge is 2.11. The van der Waals surface area contributed by atoms with Crippen LogP contribution in [0.2, 0.25) is 0 Å². The molecule has 0 amide bonds. The zero-order valence-electron chi connectivity index (χ0n) is 13.5. The summed E-state index contributed by atoms with van der Waals surface area (Å²) >= 11 is 0. The molecule has 23 heavy (non-hydrogen) atoms. The topological polar surface area (TPSA) is 66.5 Å². The minimum atomic E-state index is 0.404. The second kappa shape index (κ2) is 7.05. The van der Waals surface area contributed by atoms with Crippen LogP contribution in [0, 0.1) is 0 Å². The Morgan fingerprint density at radius 1 is 1.13 bits per heavy atom. The second-order valence-corrected chi connectivity index (χ2v) is 5.78. The summed E-state index contributed by atoms with van der Waals surface area (Å²) in [5.41, 5.74) is 4.48. The molecule has 0 unspecified atom stereocenters. The van der Waals surface area contributed by atoms with Crippen LogP contribution in [-0.4, -0.2) is 26.7 Å². The van der Waals surface area contributed by atoms with Crippen LogP contribution in [-0.2, 0) is 6.42 Å². The molecule has 0 saturated carbocycles. The maximum absolute atomic E-state index is 4.39. The minimum Gasteiger partial charge on any atom is -0.370 e. The first-order valence-corrected chi connectivity index (χ1v) is 7.87. The molecule has 5 heteroatoms. The summed E-state index contributed by atoms with van der Waals surface area (Å²) in [5.74, 6) is 1.27. The van der Waals surface area contributed by atoms with Crippen molar-refractivity contribution in [3.05, 3.63) is 60.3 Å². The van der Waals surface area contributed by atoms with Gasteiger partial charge in [-0.25, -0.2) is 4.98 Å². The van der Waals surface area contributed by atoms with Crippen molar-refractivity contribution < 1.29 is 0 Å². The zero-order chi connectivity index (χ0) is 16.1. The number of H-pyrrole nitrogens is 1. The lowest BCUT2D eigenvalue weighted by atomic mass is 10.0. The van der Waals surface area contributed by atoms with Gasteiger partial charge in [-0.2, -0.15) is 5.10 Å². The van der Waals surface area contributed by atoms with Crippen LogP contribution < -0.4 is 5.32 Å². The second-order valence-electron chi connectivity index (χ2n) is 5.78. The van der Waals surface area contributed by atoms with Crippen molar-refractivity contribution in [1.82, 2.24) is 20.2 Å². The standard InChI is InChI=1S/C18H21N5/c1-13(2)18-16(12-22-23-18)14-6-9-20-17(11-14)21-10-7-15-5-3-4-8-19-15/h3-6,8-9,11-13H,7,10H2,1-2H3,(H,20,21)(H,22,23). The number of rotatable bonds is 6. The number of nitrogens with zero attached hydrogens (tertiary/aromatic N) is 3. The van der Waals surface area contributed by atoms with Crippen LogP contribution in [0.25, 0.3) is 11.1 Å². The summed E-state index contributed by atoms with van der Waals surface area (Å²) in [5, 5.41) is 10.6. The van der Waals surface area contributed by atoms with Crippen molar-refractivity contribution in [3.63, 3.8) is 0 Å². The van der Waals surface area contributed by atoms with Crippen molar-refractivity contribution in [2.45, 2.75) is 26.2 Å². The van der Waals surface area contributed by atoms with Crippen molar-refractivity contribution in [2.75, 3.05) is 11.9 Å². The molecule has 3 aromatic rings. The summed E-state index contributed by atoms with van der Waals surface area (Å²) in [6, 6.07) is 10.1. The van der Waals surface area contributed by atoms with E-state index in [1.54, 1.807) is 0 Å². The largest absolute Gasteiger partial charge is 0.370 e. The smallest absolute Gasteiger partial charge is 0.126 e. The number of pyridine rings is 2. The van der Waals surface area contributed by atoms with Crippen molar-refractivity contribution in [3.8, 4) is 11.1 Å². The molecule has 3 heterocycles. The Morgan fingerprint density at radius 2 is 2.04 bits per heavy atom. The lowest BCUT2D eigenvalue weighted by molar-refractivity contribution is 0.812. The van der Waals surface area contributed by atoms with E-state index in [-0.39, 0.29) is 0 Å². The van der Waals surface area contributed by atoms with Gasteiger partial charge in [-0.1, -0.05) is 19.9 Å². The van der Waals surface area contributed by atoms with Crippen LogP contribution >= 0.6 is 0 Å². The van der Waals surface area contributed by atoms with E-state index in [4.69, 9.17) is 0 Å². The fourth-order valence-corrected chi connectivity index (χ4v) is 2.53. The predicted molar refractivity (Wildman–Crippen MR) is 92.3 cm³/mol. The third-order valence-electron chi connectivity index (χ3n) is 3.73. The number of anilines is 1. The van der Waals surface area contributed by atoms with E-state index in [0.29, 0.717) is 5.92 Å². The van der Waals surface area contributed by atoms with Gasteiger partial charge in [0.05, 0.1) is 6.20 Å². The fourth-order valence-electron chi connectivity index (χ4n) is 2.53. The number of aromatic nitrogens is 4. The van der Waals surface area contributed by atoms with Gasteiger partial charge in [0, 0.05) is 42.3 Å². The van der Waals surface area contributed by atoms with Gasteiger partial charge in [-0.15, -0.1) is 0 Å². The highest BCUT2D eigenvalue weighted by atomic mass is 15.1. The quantitative estimate of drug-likeness (QED) is 0.729. The molecule has 0 atom stereocenters. The third-order valence-corrected chi connectivity index (χ3v) is 3.73. The van der Waals surface area contributed by atoms with E-state index in [9.17, 15) is 0 Å². The molecule has 5 nitrogen and oxygen atoms in total. The number of hydrogen-bond acceptors (Lipinski definition) is 4. The first kappa shape index (κ1) is 15.2. The summed E-state index contributed by atoms with van der Waals surface area (Å²) in [6.45, 7) is 5.12.